The third-order valence-corrected chi connectivity index (χ3v) is 4.14. The molecule has 0 heterocycles. The summed E-state index contributed by atoms with van der Waals surface area (Å²) in [5.41, 5.74) is 1.42. The van der Waals surface area contributed by atoms with Crippen LogP contribution in [0.4, 0.5) is 4.11 Å². The molecule has 0 unspecified atom stereocenters. The lowest BCUT2D eigenvalue weighted by molar-refractivity contribution is 0.590. The van der Waals surface area contributed by atoms with E-state index in [2.05, 4.69) is 20.8 Å². The van der Waals surface area contributed by atoms with E-state index >= 15 is 0 Å². The predicted octanol–water partition coefficient (Wildman–Crippen LogP) is 3.37. The molecule has 0 aliphatic heterocycles. The molecular formula is C12H19FSi. The Morgan fingerprint density at radius 1 is 1.00 bits per heavy atom. The maximum Gasteiger partial charge on any atom is 0.271 e. The molecule has 1 rings (SSSR count). The van der Waals surface area contributed by atoms with Crippen LogP contribution in [0.5, 0.6) is 0 Å². The standard InChI is InChI=1S/C12H19FSi/c1-12(2,3)10-6-8-11(9-7-10)14(4,5)13/h6-9H,1-5H3. The van der Waals surface area contributed by atoms with Crippen LogP contribution in [-0.4, -0.2) is 8.41 Å². The van der Waals surface area contributed by atoms with Crippen molar-refractivity contribution in [3.05, 3.63) is 29.8 Å². The molecule has 0 atom stereocenters. The highest BCUT2D eigenvalue weighted by Gasteiger charge is 2.23. The Morgan fingerprint density at radius 2 is 1.43 bits per heavy atom. The molecule has 0 radical (unpaired) electrons. The van der Waals surface area contributed by atoms with Crippen molar-refractivity contribution in [2.75, 3.05) is 0 Å². The summed E-state index contributed by atoms with van der Waals surface area (Å²) in [4.78, 5) is 0. The van der Waals surface area contributed by atoms with Crippen LogP contribution in [0, 0.1) is 0 Å². The first kappa shape index (κ1) is 11.4. The van der Waals surface area contributed by atoms with Gasteiger partial charge in [-0.1, -0.05) is 45.0 Å². The first-order chi connectivity index (χ1) is 6.21. The minimum atomic E-state index is -2.62. The van der Waals surface area contributed by atoms with Gasteiger partial charge in [0.2, 0.25) is 0 Å². The molecule has 0 amide bonds. The summed E-state index contributed by atoms with van der Waals surface area (Å²) in [5, 5.41) is 0.880. The van der Waals surface area contributed by atoms with E-state index in [0.29, 0.717) is 0 Å². The average molecular weight is 210 g/mol. The van der Waals surface area contributed by atoms with Gasteiger partial charge in [0, 0.05) is 0 Å². The largest absolute Gasteiger partial charge is 0.308 e. The highest BCUT2D eigenvalue weighted by Crippen LogP contribution is 2.21. The highest BCUT2D eigenvalue weighted by atomic mass is 28.4. The van der Waals surface area contributed by atoms with Gasteiger partial charge in [0.05, 0.1) is 0 Å². The van der Waals surface area contributed by atoms with Crippen molar-refractivity contribution < 1.29 is 4.11 Å². The number of hydrogen-bond acceptors (Lipinski definition) is 0. The van der Waals surface area contributed by atoms with Gasteiger partial charge < -0.3 is 4.11 Å². The van der Waals surface area contributed by atoms with Gasteiger partial charge in [-0.05, 0) is 29.3 Å². The second kappa shape index (κ2) is 3.50. The van der Waals surface area contributed by atoms with Crippen LogP contribution >= 0.6 is 0 Å². The number of rotatable bonds is 1. The fourth-order valence-corrected chi connectivity index (χ4v) is 2.33. The second-order valence-corrected chi connectivity index (χ2v) is 8.82. The van der Waals surface area contributed by atoms with E-state index in [1.54, 1.807) is 13.1 Å². The quantitative estimate of drug-likeness (QED) is 0.492. The summed E-state index contributed by atoms with van der Waals surface area (Å²) < 4.78 is 13.7. The van der Waals surface area contributed by atoms with Crippen molar-refractivity contribution in [1.82, 2.24) is 0 Å². The third kappa shape index (κ3) is 2.68. The molecule has 0 nitrogen and oxygen atoms in total. The zero-order chi connectivity index (χ0) is 11.0. The zero-order valence-electron chi connectivity index (χ0n) is 9.69. The number of benzene rings is 1. The Bertz CT molecular complexity index is 268. The SMILES string of the molecule is CC(C)(C)c1ccc([Si](C)(C)F)cc1. The van der Waals surface area contributed by atoms with Crippen molar-refractivity contribution in [3.63, 3.8) is 0 Å². The Kier molecular flexibility index (Phi) is 2.86. The molecule has 78 valence electrons. The second-order valence-electron chi connectivity index (χ2n) is 5.30. The first-order valence-electron chi connectivity index (χ1n) is 5.01. The molecule has 0 saturated carbocycles. The van der Waals surface area contributed by atoms with E-state index in [4.69, 9.17) is 0 Å². The van der Waals surface area contributed by atoms with Crippen LogP contribution in [0.3, 0.4) is 0 Å². The molecule has 0 aliphatic rings. The van der Waals surface area contributed by atoms with Crippen LogP contribution in [0.2, 0.25) is 13.1 Å². The summed E-state index contributed by atoms with van der Waals surface area (Å²) in [7, 11) is -2.62. The Hall–Kier alpha value is -0.633. The van der Waals surface area contributed by atoms with Crippen LogP contribution in [0.1, 0.15) is 26.3 Å². The summed E-state index contributed by atoms with van der Waals surface area (Å²) in [5.74, 6) is 0. The van der Waals surface area contributed by atoms with Crippen molar-refractivity contribution in [2.24, 2.45) is 0 Å². The predicted molar refractivity (Wildman–Crippen MR) is 63.4 cm³/mol. The Balaban J connectivity index is 3.02. The maximum atomic E-state index is 13.7. The van der Waals surface area contributed by atoms with E-state index in [0.717, 1.165) is 5.19 Å². The van der Waals surface area contributed by atoms with Gasteiger partial charge in [-0.3, -0.25) is 0 Å². The smallest absolute Gasteiger partial charge is 0.271 e. The summed E-state index contributed by atoms with van der Waals surface area (Å²) >= 11 is 0. The number of hydrogen-bond donors (Lipinski definition) is 0. The van der Waals surface area contributed by atoms with E-state index in [1.165, 1.54) is 5.56 Å². The van der Waals surface area contributed by atoms with E-state index in [-0.39, 0.29) is 5.41 Å². The van der Waals surface area contributed by atoms with Crippen molar-refractivity contribution >= 4 is 13.6 Å². The normalized spacial score (nSPS) is 13.0. The van der Waals surface area contributed by atoms with Gasteiger partial charge >= 0.3 is 0 Å². The van der Waals surface area contributed by atoms with Gasteiger partial charge in [0.15, 0.2) is 0 Å². The molecule has 2 heteroatoms. The topological polar surface area (TPSA) is 0 Å². The summed E-state index contributed by atoms with van der Waals surface area (Å²) in [6.07, 6.45) is 0. The van der Waals surface area contributed by atoms with Crippen LogP contribution < -0.4 is 5.19 Å². The fraction of sp³-hybridized carbons (Fsp3) is 0.500. The third-order valence-electron chi connectivity index (χ3n) is 2.44. The summed E-state index contributed by atoms with van der Waals surface area (Å²) in [6.45, 7) is 9.94. The molecule has 0 saturated heterocycles. The Labute approximate surface area is 87.3 Å². The van der Waals surface area contributed by atoms with Crippen molar-refractivity contribution in [2.45, 2.75) is 39.3 Å². The van der Waals surface area contributed by atoms with Crippen LogP contribution in [0.15, 0.2) is 24.3 Å². The molecule has 0 N–H and O–H groups in total. The molecule has 0 aliphatic carbocycles. The first-order valence-corrected chi connectivity index (χ1v) is 7.89. The van der Waals surface area contributed by atoms with Gasteiger partial charge in [-0.25, -0.2) is 0 Å². The van der Waals surface area contributed by atoms with Crippen LogP contribution in [-0.2, 0) is 5.41 Å². The molecule has 1 aromatic rings. The van der Waals surface area contributed by atoms with Gasteiger partial charge in [-0.15, -0.1) is 0 Å². The summed E-state index contributed by atoms with van der Waals surface area (Å²) in [6, 6.07) is 7.97. The molecule has 0 fully saturated rings. The Morgan fingerprint density at radius 3 is 1.71 bits per heavy atom. The molecule has 14 heavy (non-hydrogen) atoms. The zero-order valence-corrected chi connectivity index (χ0v) is 10.7. The molecule has 0 bridgehead atoms. The lowest BCUT2D eigenvalue weighted by Crippen LogP contribution is -2.36. The monoisotopic (exact) mass is 210 g/mol. The lowest BCUT2D eigenvalue weighted by Gasteiger charge is -2.20. The van der Waals surface area contributed by atoms with Gasteiger partial charge in [-0.2, -0.15) is 0 Å². The van der Waals surface area contributed by atoms with E-state index in [1.807, 2.05) is 24.3 Å². The highest BCUT2D eigenvalue weighted by molar-refractivity contribution is 6.83. The molecule has 0 spiro atoms. The van der Waals surface area contributed by atoms with Gasteiger partial charge in [0.25, 0.3) is 8.41 Å². The number of halogens is 1. The van der Waals surface area contributed by atoms with E-state index in [9.17, 15) is 4.11 Å². The molecule has 1 aromatic carbocycles. The minimum absolute atomic E-state index is 0.153. The van der Waals surface area contributed by atoms with Crippen molar-refractivity contribution in [1.29, 1.82) is 0 Å². The minimum Gasteiger partial charge on any atom is -0.308 e. The maximum absolute atomic E-state index is 13.7. The van der Waals surface area contributed by atoms with Crippen LogP contribution in [0.25, 0.3) is 0 Å². The lowest BCUT2D eigenvalue weighted by atomic mass is 9.87. The molecule has 0 aromatic heterocycles. The van der Waals surface area contributed by atoms with E-state index < -0.39 is 8.41 Å². The van der Waals surface area contributed by atoms with Crippen molar-refractivity contribution in [3.8, 4) is 0 Å². The molecular weight excluding hydrogens is 191 g/mol. The van der Waals surface area contributed by atoms with Gasteiger partial charge in [0.1, 0.15) is 0 Å². The fourth-order valence-electron chi connectivity index (χ4n) is 1.37. The average Bonchev–Trinajstić information content (AvgIpc) is 2.01.